The number of anilines is 1. The van der Waals surface area contributed by atoms with Gasteiger partial charge in [-0.15, -0.1) is 11.8 Å². The van der Waals surface area contributed by atoms with Crippen LogP contribution in [-0.4, -0.2) is 22.3 Å². The van der Waals surface area contributed by atoms with Crippen LogP contribution in [0.1, 0.15) is 33.0 Å². The van der Waals surface area contributed by atoms with Crippen LogP contribution in [-0.2, 0) is 0 Å². The maximum Gasteiger partial charge on any atom is 0.130 e. The first-order valence-corrected chi connectivity index (χ1v) is 6.82. The highest BCUT2D eigenvalue weighted by Crippen LogP contribution is 2.20. The van der Waals surface area contributed by atoms with Gasteiger partial charge in [0.25, 0.3) is 0 Å². The van der Waals surface area contributed by atoms with E-state index in [0.717, 1.165) is 34.9 Å². The molecule has 0 saturated carbocycles. The van der Waals surface area contributed by atoms with Crippen molar-refractivity contribution in [3.63, 3.8) is 0 Å². The van der Waals surface area contributed by atoms with Crippen LogP contribution in [0.5, 0.6) is 0 Å². The summed E-state index contributed by atoms with van der Waals surface area (Å²) in [5, 5.41) is 4.30. The lowest BCUT2D eigenvalue weighted by Crippen LogP contribution is -2.02. The molecule has 0 amide bonds. The number of hydrogen-bond donors (Lipinski definition) is 1. The second kappa shape index (κ2) is 6.74. The lowest BCUT2D eigenvalue weighted by atomic mass is 10.2. The topological polar surface area (TPSA) is 37.8 Å². The Morgan fingerprint density at radius 1 is 1.38 bits per heavy atom. The van der Waals surface area contributed by atoms with E-state index in [1.807, 2.05) is 24.8 Å². The Kier molecular flexibility index (Phi) is 5.60. The Morgan fingerprint density at radius 2 is 2.12 bits per heavy atom. The van der Waals surface area contributed by atoms with Crippen LogP contribution in [0.2, 0.25) is 0 Å². The summed E-state index contributed by atoms with van der Waals surface area (Å²) >= 11 is 1.81. The summed E-state index contributed by atoms with van der Waals surface area (Å²) in [6.45, 7) is 9.40. The van der Waals surface area contributed by atoms with Crippen molar-refractivity contribution in [2.75, 3.05) is 17.6 Å². The molecule has 0 fully saturated rings. The summed E-state index contributed by atoms with van der Waals surface area (Å²) in [4.78, 5) is 8.76. The van der Waals surface area contributed by atoms with Crippen LogP contribution in [0.3, 0.4) is 0 Å². The molecule has 0 atom stereocenters. The molecule has 0 aromatic carbocycles. The normalized spacial score (nSPS) is 10.8. The fraction of sp³-hybridized carbons (Fsp3) is 0.667. The van der Waals surface area contributed by atoms with Gasteiger partial charge in [0, 0.05) is 12.6 Å². The third kappa shape index (κ3) is 4.84. The molecule has 0 bridgehead atoms. The lowest BCUT2D eigenvalue weighted by Gasteiger charge is -2.07. The Bertz CT molecular complexity index is 326. The van der Waals surface area contributed by atoms with Gasteiger partial charge < -0.3 is 5.32 Å². The Balaban J connectivity index is 2.58. The Labute approximate surface area is 102 Å². The molecule has 1 N–H and O–H groups in total. The van der Waals surface area contributed by atoms with E-state index in [1.54, 1.807) is 0 Å². The van der Waals surface area contributed by atoms with Gasteiger partial charge in [0.2, 0.25) is 0 Å². The van der Waals surface area contributed by atoms with E-state index >= 15 is 0 Å². The highest BCUT2D eigenvalue weighted by atomic mass is 32.2. The van der Waals surface area contributed by atoms with Gasteiger partial charge in [0.1, 0.15) is 16.7 Å². The predicted molar refractivity (Wildman–Crippen MR) is 71.1 cm³/mol. The van der Waals surface area contributed by atoms with Crippen molar-refractivity contribution in [3.8, 4) is 0 Å². The maximum atomic E-state index is 4.42. The van der Waals surface area contributed by atoms with Crippen molar-refractivity contribution in [3.05, 3.63) is 11.9 Å². The van der Waals surface area contributed by atoms with E-state index in [1.165, 1.54) is 6.42 Å². The highest BCUT2D eigenvalue weighted by molar-refractivity contribution is 7.99. The van der Waals surface area contributed by atoms with Crippen molar-refractivity contribution in [2.45, 2.75) is 39.1 Å². The molecule has 4 heteroatoms. The van der Waals surface area contributed by atoms with Gasteiger partial charge in [-0.25, -0.2) is 9.97 Å². The summed E-state index contributed by atoms with van der Waals surface area (Å²) in [6.07, 6.45) is 1.23. The Morgan fingerprint density at radius 3 is 2.75 bits per heavy atom. The highest BCUT2D eigenvalue weighted by Gasteiger charge is 2.02. The zero-order valence-electron chi connectivity index (χ0n) is 10.6. The van der Waals surface area contributed by atoms with Crippen LogP contribution in [0.15, 0.2) is 11.1 Å². The van der Waals surface area contributed by atoms with Crippen LogP contribution >= 0.6 is 11.8 Å². The van der Waals surface area contributed by atoms with Crippen molar-refractivity contribution < 1.29 is 0 Å². The number of thioether (sulfide) groups is 1. The largest absolute Gasteiger partial charge is 0.370 e. The second-order valence-corrected chi connectivity index (χ2v) is 5.32. The molecule has 16 heavy (non-hydrogen) atoms. The van der Waals surface area contributed by atoms with E-state index in [2.05, 4.69) is 36.1 Å². The molecule has 1 aromatic heterocycles. The first kappa shape index (κ1) is 13.3. The molecule has 0 aliphatic rings. The first-order chi connectivity index (χ1) is 7.61. The Hall–Kier alpha value is -0.770. The molecule has 0 aliphatic carbocycles. The molecule has 90 valence electrons. The molecular formula is C12H21N3S. The van der Waals surface area contributed by atoms with Crippen molar-refractivity contribution in [2.24, 2.45) is 5.92 Å². The zero-order chi connectivity index (χ0) is 12.0. The second-order valence-electron chi connectivity index (χ2n) is 4.20. The fourth-order valence-electron chi connectivity index (χ4n) is 1.29. The smallest absolute Gasteiger partial charge is 0.130 e. The third-order valence-corrected chi connectivity index (χ3v) is 3.06. The molecule has 1 rings (SSSR count). The minimum atomic E-state index is 0.753. The van der Waals surface area contributed by atoms with Gasteiger partial charge in [-0.1, -0.05) is 13.8 Å². The predicted octanol–water partition coefficient (Wildman–Crippen LogP) is 3.36. The molecule has 0 aliphatic heterocycles. The molecule has 0 saturated heterocycles. The lowest BCUT2D eigenvalue weighted by molar-refractivity contribution is 0.632. The van der Waals surface area contributed by atoms with E-state index in [4.69, 9.17) is 0 Å². The van der Waals surface area contributed by atoms with Gasteiger partial charge in [-0.3, -0.25) is 0 Å². The van der Waals surface area contributed by atoms with Crippen LogP contribution in [0, 0.1) is 12.8 Å². The van der Waals surface area contributed by atoms with Gasteiger partial charge in [-0.05, 0) is 31.9 Å². The van der Waals surface area contributed by atoms with Gasteiger partial charge in [0.05, 0.1) is 0 Å². The molecular weight excluding hydrogens is 218 g/mol. The van der Waals surface area contributed by atoms with E-state index in [-0.39, 0.29) is 0 Å². The van der Waals surface area contributed by atoms with E-state index < -0.39 is 0 Å². The summed E-state index contributed by atoms with van der Waals surface area (Å²) in [7, 11) is 0. The number of hydrogen-bond acceptors (Lipinski definition) is 4. The number of aromatic nitrogens is 2. The molecule has 1 heterocycles. The zero-order valence-corrected chi connectivity index (χ0v) is 11.4. The van der Waals surface area contributed by atoms with Gasteiger partial charge in [0.15, 0.2) is 0 Å². The summed E-state index contributed by atoms with van der Waals surface area (Å²) < 4.78 is 0. The van der Waals surface area contributed by atoms with Crippen molar-refractivity contribution >= 4 is 17.6 Å². The molecule has 3 nitrogen and oxygen atoms in total. The quantitative estimate of drug-likeness (QED) is 0.610. The minimum Gasteiger partial charge on any atom is -0.370 e. The summed E-state index contributed by atoms with van der Waals surface area (Å²) in [5.41, 5.74) is 0. The monoisotopic (exact) mass is 239 g/mol. The van der Waals surface area contributed by atoms with Gasteiger partial charge in [-0.2, -0.15) is 0 Å². The van der Waals surface area contributed by atoms with Crippen LogP contribution < -0.4 is 5.32 Å². The number of nitrogens with one attached hydrogen (secondary N) is 1. The number of aryl methyl sites for hydroxylation is 1. The molecule has 0 spiro atoms. The summed E-state index contributed by atoms with van der Waals surface area (Å²) in [5.74, 6) is 3.65. The third-order valence-electron chi connectivity index (χ3n) is 2.12. The number of rotatable bonds is 6. The summed E-state index contributed by atoms with van der Waals surface area (Å²) in [6, 6.07) is 2.03. The average Bonchev–Trinajstić information content (AvgIpc) is 2.16. The molecule has 0 unspecified atom stereocenters. The fourth-order valence-corrected chi connectivity index (χ4v) is 2.48. The SMILES string of the molecule is CCNc1cc(SCCC(C)C)nc(C)n1. The molecule has 0 radical (unpaired) electrons. The average molecular weight is 239 g/mol. The van der Waals surface area contributed by atoms with Crippen LogP contribution in [0.25, 0.3) is 0 Å². The van der Waals surface area contributed by atoms with E-state index in [9.17, 15) is 0 Å². The van der Waals surface area contributed by atoms with Gasteiger partial charge >= 0.3 is 0 Å². The van der Waals surface area contributed by atoms with Crippen molar-refractivity contribution in [1.82, 2.24) is 9.97 Å². The first-order valence-electron chi connectivity index (χ1n) is 5.84. The maximum absolute atomic E-state index is 4.42. The molecule has 1 aromatic rings. The van der Waals surface area contributed by atoms with E-state index in [0.29, 0.717) is 0 Å². The van der Waals surface area contributed by atoms with Crippen LogP contribution in [0.4, 0.5) is 5.82 Å². The minimum absolute atomic E-state index is 0.753. The van der Waals surface area contributed by atoms with Crippen molar-refractivity contribution in [1.29, 1.82) is 0 Å². The standard InChI is InChI=1S/C12H21N3S/c1-5-13-11-8-12(15-10(4)14-11)16-7-6-9(2)3/h8-9H,5-7H2,1-4H3,(H,13,14,15). The number of nitrogens with zero attached hydrogens (tertiary/aromatic N) is 2.